The minimum Gasteiger partial charge on any atom is -0.321 e. The molecule has 0 heterocycles. The summed E-state index contributed by atoms with van der Waals surface area (Å²) in [7, 11) is 0. The highest BCUT2D eigenvalue weighted by molar-refractivity contribution is 5.58. The zero-order valence-corrected chi connectivity index (χ0v) is 7.66. The topological polar surface area (TPSA) is 43.1 Å². The SMILES string of the molecule is N[C@@H]([C]=O)Cc1c(F)c(F)c(F)c(F)c1F. The number of carbonyl (C=O) groups excluding carboxylic acids is 1. The molecule has 1 atom stereocenters. The molecular weight excluding hydrogens is 233 g/mol. The average molecular weight is 238 g/mol. The third-order valence-corrected chi connectivity index (χ3v) is 1.88. The van der Waals surface area contributed by atoms with Gasteiger partial charge < -0.3 is 5.73 Å². The normalized spacial score (nSPS) is 12.6. The van der Waals surface area contributed by atoms with Crippen LogP contribution >= 0.6 is 0 Å². The van der Waals surface area contributed by atoms with E-state index in [0.717, 1.165) is 0 Å². The maximum absolute atomic E-state index is 13.0. The van der Waals surface area contributed by atoms with Gasteiger partial charge in [-0.3, -0.25) is 4.79 Å². The Labute approximate surface area is 86.9 Å². The summed E-state index contributed by atoms with van der Waals surface area (Å²) >= 11 is 0. The smallest absolute Gasteiger partial charge is 0.217 e. The maximum Gasteiger partial charge on any atom is 0.217 e. The third-order valence-electron chi connectivity index (χ3n) is 1.88. The molecule has 0 unspecified atom stereocenters. The molecule has 0 aromatic heterocycles. The van der Waals surface area contributed by atoms with E-state index in [9.17, 15) is 26.7 Å². The molecule has 0 fully saturated rings. The third kappa shape index (κ3) is 2.04. The van der Waals surface area contributed by atoms with Gasteiger partial charge in [-0.2, -0.15) is 0 Å². The Morgan fingerprint density at radius 2 is 1.31 bits per heavy atom. The Bertz CT molecular complexity index is 405. The molecule has 87 valence electrons. The fourth-order valence-corrected chi connectivity index (χ4v) is 1.09. The number of hydrogen-bond donors (Lipinski definition) is 1. The van der Waals surface area contributed by atoms with E-state index in [1.54, 1.807) is 0 Å². The molecular formula is C9H5F5NO. The van der Waals surface area contributed by atoms with Gasteiger partial charge in [-0.1, -0.05) is 0 Å². The van der Waals surface area contributed by atoms with Crippen molar-refractivity contribution < 1.29 is 26.7 Å². The second-order valence-electron chi connectivity index (χ2n) is 2.98. The van der Waals surface area contributed by atoms with E-state index < -0.39 is 47.1 Å². The number of halogens is 5. The lowest BCUT2D eigenvalue weighted by molar-refractivity contribution is 0.369. The van der Waals surface area contributed by atoms with Crippen LogP contribution in [0.3, 0.4) is 0 Å². The lowest BCUT2D eigenvalue weighted by Crippen LogP contribution is -2.26. The summed E-state index contributed by atoms with van der Waals surface area (Å²) in [5.41, 5.74) is 3.87. The van der Waals surface area contributed by atoms with Gasteiger partial charge >= 0.3 is 0 Å². The van der Waals surface area contributed by atoms with Crippen molar-refractivity contribution in [3.8, 4) is 0 Å². The van der Waals surface area contributed by atoms with Crippen molar-refractivity contribution in [3.63, 3.8) is 0 Å². The van der Waals surface area contributed by atoms with Gasteiger partial charge in [-0.15, -0.1) is 0 Å². The molecule has 1 aromatic carbocycles. The second kappa shape index (κ2) is 4.56. The van der Waals surface area contributed by atoms with Gasteiger partial charge in [0.25, 0.3) is 0 Å². The Morgan fingerprint density at radius 1 is 0.938 bits per heavy atom. The predicted octanol–water partition coefficient (Wildman–Crippen LogP) is 1.36. The molecule has 0 aliphatic carbocycles. The van der Waals surface area contributed by atoms with Crippen LogP contribution in [0.25, 0.3) is 0 Å². The van der Waals surface area contributed by atoms with Crippen molar-refractivity contribution in [2.45, 2.75) is 12.5 Å². The van der Waals surface area contributed by atoms with Crippen LogP contribution in [0, 0.1) is 29.1 Å². The zero-order valence-electron chi connectivity index (χ0n) is 7.66. The van der Waals surface area contributed by atoms with Crippen LogP contribution in [0.1, 0.15) is 5.56 Å². The molecule has 0 aliphatic rings. The molecule has 0 spiro atoms. The van der Waals surface area contributed by atoms with Crippen molar-refractivity contribution in [3.05, 3.63) is 34.6 Å². The van der Waals surface area contributed by atoms with Crippen LogP contribution in [0.2, 0.25) is 0 Å². The number of rotatable bonds is 3. The monoisotopic (exact) mass is 238 g/mol. The van der Waals surface area contributed by atoms with E-state index >= 15 is 0 Å². The molecule has 0 saturated heterocycles. The maximum atomic E-state index is 13.0. The van der Waals surface area contributed by atoms with Crippen molar-refractivity contribution >= 4 is 6.29 Å². The molecule has 2 N–H and O–H groups in total. The van der Waals surface area contributed by atoms with Crippen LogP contribution in [0.4, 0.5) is 22.0 Å². The summed E-state index contributed by atoms with van der Waals surface area (Å²) in [5, 5.41) is 0. The summed E-state index contributed by atoms with van der Waals surface area (Å²) in [6, 6.07) is -1.45. The minimum absolute atomic E-state index is 0.810. The highest BCUT2D eigenvalue weighted by Crippen LogP contribution is 2.23. The zero-order chi connectivity index (χ0) is 12.5. The first-order chi connectivity index (χ1) is 7.40. The molecule has 0 saturated carbocycles. The lowest BCUT2D eigenvalue weighted by atomic mass is 10.1. The quantitative estimate of drug-likeness (QED) is 0.491. The standard InChI is InChI=1S/C9H5F5NO/c10-5-4(1-3(15)2-16)6(11)8(13)9(14)7(5)12/h3H,1,15H2/t3-/m1/s1. The fourth-order valence-electron chi connectivity index (χ4n) is 1.09. The van der Waals surface area contributed by atoms with Gasteiger partial charge in [0, 0.05) is 12.0 Å². The van der Waals surface area contributed by atoms with Crippen LogP contribution < -0.4 is 5.73 Å². The molecule has 7 heteroatoms. The van der Waals surface area contributed by atoms with Gasteiger partial charge in [0.05, 0.1) is 6.04 Å². The minimum atomic E-state index is -2.25. The summed E-state index contributed by atoms with van der Waals surface area (Å²) in [4.78, 5) is 10.0. The Balaban J connectivity index is 3.33. The Kier molecular flexibility index (Phi) is 3.58. The fraction of sp³-hybridized carbons (Fsp3) is 0.222. The molecule has 1 aromatic rings. The van der Waals surface area contributed by atoms with E-state index in [2.05, 4.69) is 0 Å². The van der Waals surface area contributed by atoms with Crippen LogP contribution in [0.15, 0.2) is 0 Å². The summed E-state index contributed by atoms with van der Waals surface area (Å²) in [5.74, 6) is -10.3. The molecule has 16 heavy (non-hydrogen) atoms. The first-order valence-corrected chi connectivity index (χ1v) is 4.03. The molecule has 0 aliphatic heterocycles. The first kappa shape index (κ1) is 12.6. The Morgan fingerprint density at radius 3 is 1.69 bits per heavy atom. The molecule has 0 amide bonds. The first-order valence-electron chi connectivity index (χ1n) is 4.03. The molecule has 0 bridgehead atoms. The van der Waals surface area contributed by atoms with Crippen LogP contribution in [0.5, 0.6) is 0 Å². The molecule has 1 radical (unpaired) electrons. The largest absolute Gasteiger partial charge is 0.321 e. The van der Waals surface area contributed by atoms with Gasteiger partial charge in [-0.05, 0) is 0 Å². The van der Waals surface area contributed by atoms with Gasteiger partial charge in [0.15, 0.2) is 23.3 Å². The van der Waals surface area contributed by atoms with E-state index in [-0.39, 0.29) is 0 Å². The van der Waals surface area contributed by atoms with Crippen LogP contribution in [-0.4, -0.2) is 12.3 Å². The summed E-state index contributed by atoms with van der Waals surface area (Å²) in [6.07, 6.45) is 0.367. The van der Waals surface area contributed by atoms with E-state index in [1.165, 1.54) is 6.29 Å². The highest BCUT2D eigenvalue weighted by atomic mass is 19.2. The van der Waals surface area contributed by atoms with Crippen molar-refractivity contribution in [2.75, 3.05) is 0 Å². The summed E-state index contributed by atoms with van der Waals surface area (Å²) < 4.78 is 63.9. The van der Waals surface area contributed by atoms with Gasteiger partial charge in [0.1, 0.15) is 0 Å². The predicted molar refractivity (Wildman–Crippen MR) is 43.6 cm³/mol. The number of benzene rings is 1. The highest BCUT2D eigenvalue weighted by Gasteiger charge is 2.26. The van der Waals surface area contributed by atoms with Gasteiger partial charge in [-0.25, -0.2) is 22.0 Å². The number of hydrogen-bond acceptors (Lipinski definition) is 2. The molecule has 2 nitrogen and oxygen atoms in total. The van der Waals surface area contributed by atoms with E-state index in [4.69, 9.17) is 5.73 Å². The average Bonchev–Trinajstić information content (AvgIpc) is 2.29. The Hall–Kier alpha value is -1.50. The van der Waals surface area contributed by atoms with Crippen molar-refractivity contribution in [1.82, 2.24) is 0 Å². The summed E-state index contributed by atoms with van der Waals surface area (Å²) in [6.45, 7) is 0. The van der Waals surface area contributed by atoms with Gasteiger partial charge in [0.2, 0.25) is 12.1 Å². The van der Waals surface area contributed by atoms with E-state index in [1.807, 2.05) is 0 Å². The number of nitrogens with two attached hydrogens (primary N) is 1. The molecule has 1 rings (SSSR count). The van der Waals surface area contributed by atoms with Crippen molar-refractivity contribution in [1.29, 1.82) is 0 Å². The lowest BCUT2D eigenvalue weighted by Gasteiger charge is -2.08. The second-order valence-corrected chi connectivity index (χ2v) is 2.98. The van der Waals surface area contributed by atoms with Crippen molar-refractivity contribution in [2.24, 2.45) is 5.73 Å². The van der Waals surface area contributed by atoms with Crippen LogP contribution in [-0.2, 0) is 11.2 Å². The van der Waals surface area contributed by atoms with E-state index in [0.29, 0.717) is 0 Å².